The molecular weight excluding hydrogens is 404 g/mol. The molecule has 2 N–H and O–H groups in total. The van der Waals surface area contributed by atoms with Gasteiger partial charge < -0.3 is 10.6 Å². The highest BCUT2D eigenvalue weighted by atomic mass is 127. The van der Waals surface area contributed by atoms with Crippen molar-refractivity contribution in [2.24, 2.45) is 4.99 Å². The van der Waals surface area contributed by atoms with Crippen molar-refractivity contribution >= 4 is 29.9 Å². The third kappa shape index (κ3) is 6.56. The van der Waals surface area contributed by atoms with Crippen LogP contribution in [-0.2, 0) is 13.0 Å². The molecular formula is C18H23FIN3. The second-order valence-electron chi connectivity index (χ2n) is 5.17. The van der Waals surface area contributed by atoms with Crippen molar-refractivity contribution in [3.63, 3.8) is 0 Å². The van der Waals surface area contributed by atoms with Gasteiger partial charge in [-0.15, -0.1) is 24.0 Å². The van der Waals surface area contributed by atoms with Gasteiger partial charge in [0.25, 0.3) is 0 Å². The van der Waals surface area contributed by atoms with Gasteiger partial charge in [0.15, 0.2) is 5.96 Å². The molecule has 0 aliphatic rings. The number of aliphatic imine (C=N–C) groups is 1. The number of aryl methyl sites for hydroxylation is 1. The van der Waals surface area contributed by atoms with Crippen LogP contribution in [0.1, 0.15) is 16.7 Å². The maximum absolute atomic E-state index is 13.2. The van der Waals surface area contributed by atoms with Gasteiger partial charge in [0, 0.05) is 20.1 Å². The fourth-order valence-corrected chi connectivity index (χ4v) is 2.19. The summed E-state index contributed by atoms with van der Waals surface area (Å²) < 4.78 is 13.2. The van der Waals surface area contributed by atoms with Crippen molar-refractivity contribution in [2.45, 2.75) is 19.9 Å². The lowest BCUT2D eigenvalue weighted by Crippen LogP contribution is -2.37. The molecule has 5 heteroatoms. The summed E-state index contributed by atoms with van der Waals surface area (Å²) in [6.07, 6.45) is 0.942. The molecule has 0 unspecified atom stereocenters. The van der Waals surface area contributed by atoms with Crippen LogP contribution in [0, 0.1) is 12.7 Å². The molecule has 2 rings (SSSR count). The van der Waals surface area contributed by atoms with E-state index in [-0.39, 0.29) is 29.8 Å². The molecule has 2 aromatic rings. The lowest BCUT2D eigenvalue weighted by molar-refractivity contribution is 0.617. The first-order valence-electron chi connectivity index (χ1n) is 7.42. The molecule has 0 amide bonds. The second-order valence-corrected chi connectivity index (χ2v) is 5.17. The minimum Gasteiger partial charge on any atom is -0.356 e. The van der Waals surface area contributed by atoms with Gasteiger partial charge in [0.2, 0.25) is 0 Å². The summed E-state index contributed by atoms with van der Waals surface area (Å²) in [6, 6.07) is 15.4. The van der Waals surface area contributed by atoms with Crippen LogP contribution in [-0.4, -0.2) is 19.6 Å². The maximum atomic E-state index is 13.2. The zero-order valence-corrected chi connectivity index (χ0v) is 15.8. The van der Waals surface area contributed by atoms with Gasteiger partial charge >= 0.3 is 0 Å². The topological polar surface area (TPSA) is 36.4 Å². The maximum Gasteiger partial charge on any atom is 0.191 e. The Hall–Kier alpha value is -1.63. The van der Waals surface area contributed by atoms with E-state index in [1.165, 1.54) is 11.6 Å². The Labute approximate surface area is 154 Å². The standard InChI is InChI=1S/C18H22FN3.HI/c1-14-12-16(8-9-17(14)19)13-22-18(20-2)21-11-10-15-6-4-3-5-7-15;/h3-9,12H,10-11,13H2,1-2H3,(H2,20,21,22);1H. The number of rotatable bonds is 5. The lowest BCUT2D eigenvalue weighted by Gasteiger charge is -2.12. The zero-order valence-electron chi connectivity index (χ0n) is 13.5. The van der Waals surface area contributed by atoms with E-state index in [0.29, 0.717) is 12.1 Å². The molecule has 2 aromatic carbocycles. The lowest BCUT2D eigenvalue weighted by atomic mass is 10.1. The summed E-state index contributed by atoms with van der Waals surface area (Å²) in [5, 5.41) is 6.51. The molecule has 0 saturated carbocycles. The van der Waals surface area contributed by atoms with Crippen molar-refractivity contribution in [3.8, 4) is 0 Å². The van der Waals surface area contributed by atoms with E-state index in [9.17, 15) is 4.39 Å². The fourth-order valence-electron chi connectivity index (χ4n) is 2.19. The highest BCUT2D eigenvalue weighted by molar-refractivity contribution is 14.0. The summed E-state index contributed by atoms with van der Waals surface area (Å²) in [7, 11) is 1.74. The van der Waals surface area contributed by atoms with Crippen LogP contribution in [0.5, 0.6) is 0 Å². The summed E-state index contributed by atoms with van der Waals surface area (Å²) in [5.41, 5.74) is 2.98. The van der Waals surface area contributed by atoms with Crippen molar-refractivity contribution in [1.82, 2.24) is 10.6 Å². The number of halogens is 2. The summed E-state index contributed by atoms with van der Waals surface area (Å²) in [5.74, 6) is 0.576. The molecule has 0 atom stereocenters. The Kier molecular flexibility index (Phi) is 8.61. The average molecular weight is 427 g/mol. The van der Waals surface area contributed by atoms with Crippen LogP contribution in [0.15, 0.2) is 53.5 Å². The smallest absolute Gasteiger partial charge is 0.191 e. The van der Waals surface area contributed by atoms with Gasteiger partial charge in [0.1, 0.15) is 5.82 Å². The van der Waals surface area contributed by atoms with Crippen LogP contribution in [0.4, 0.5) is 4.39 Å². The molecule has 3 nitrogen and oxygen atoms in total. The van der Waals surface area contributed by atoms with E-state index in [4.69, 9.17) is 0 Å². The van der Waals surface area contributed by atoms with E-state index in [0.717, 1.165) is 24.5 Å². The van der Waals surface area contributed by atoms with Gasteiger partial charge in [-0.2, -0.15) is 0 Å². The van der Waals surface area contributed by atoms with Gasteiger partial charge in [-0.05, 0) is 36.1 Å². The number of benzene rings is 2. The van der Waals surface area contributed by atoms with Crippen molar-refractivity contribution in [1.29, 1.82) is 0 Å². The molecule has 124 valence electrons. The Balaban J connectivity index is 0.00000264. The normalized spacial score (nSPS) is 10.8. The molecule has 0 heterocycles. The van der Waals surface area contributed by atoms with Crippen LogP contribution in [0.25, 0.3) is 0 Å². The molecule has 0 aliphatic carbocycles. The molecule has 0 radical (unpaired) electrons. The Morgan fingerprint density at radius 2 is 1.78 bits per heavy atom. The van der Waals surface area contributed by atoms with Crippen LogP contribution in [0.3, 0.4) is 0 Å². The number of nitrogens with zero attached hydrogens (tertiary/aromatic N) is 1. The molecule has 0 fully saturated rings. The third-order valence-corrected chi connectivity index (χ3v) is 3.45. The molecule has 23 heavy (non-hydrogen) atoms. The fraction of sp³-hybridized carbons (Fsp3) is 0.278. The summed E-state index contributed by atoms with van der Waals surface area (Å²) >= 11 is 0. The van der Waals surface area contributed by atoms with E-state index in [2.05, 4.69) is 27.8 Å². The highest BCUT2D eigenvalue weighted by Gasteiger charge is 2.01. The van der Waals surface area contributed by atoms with E-state index in [1.807, 2.05) is 24.3 Å². The Morgan fingerprint density at radius 3 is 2.43 bits per heavy atom. The number of nitrogens with one attached hydrogen (secondary N) is 2. The largest absolute Gasteiger partial charge is 0.356 e. The first-order chi connectivity index (χ1) is 10.7. The summed E-state index contributed by atoms with van der Waals surface area (Å²) in [4.78, 5) is 4.19. The van der Waals surface area contributed by atoms with Crippen molar-refractivity contribution in [2.75, 3.05) is 13.6 Å². The molecule has 0 aliphatic heterocycles. The predicted molar refractivity (Wildman–Crippen MR) is 105 cm³/mol. The van der Waals surface area contributed by atoms with Gasteiger partial charge in [-0.3, -0.25) is 4.99 Å². The molecule has 0 saturated heterocycles. The quantitative estimate of drug-likeness (QED) is 0.434. The van der Waals surface area contributed by atoms with E-state index < -0.39 is 0 Å². The minimum absolute atomic E-state index is 0. The first kappa shape index (κ1) is 19.4. The first-order valence-corrected chi connectivity index (χ1v) is 7.42. The second kappa shape index (κ2) is 10.2. The van der Waals surface area contributed by atoms with Gasteiger partial charge in [0.05, 0.1) is 0 Å². The molecule has 0 spiro atoms. The van der Waals surface area contributed by atoms with Gasteiger partial charge in [-0.1, -0.05) is 42.5 Å². The predicted octanol–water partition coefficient (Wildman–Crippen LogP) is 3.66. The van der Waals surface area contributed by atoms with Crippen LogP contribution < -0.4 is 10.6 Å². The Bertz CT molecular complexity index is 629. The molecule has 0 aromatic heterocycles. The SMILES string of the molecule is CN=C(NCCc1ccccc1)NCc1ccc(F)c(C)c1.I. The van der Waals surface area contributed by atoms with Crippen molar-refractivity contribution in [3.05, 3.63) is 71.0 Å². The zero-order chi connectivity index (χ0) is 15.8. The van der Waals surface area contributed by atoms with Crippen molar-refractivity contribution < 1.29 is 4.39 Å². The van der Waals surface area contributed by atoms with E-state index in [1.54, 1.807) is 20.0 Å². The van der Waals surface area contributed by atoms with Crippen LogP contribution >= 0.6 is 24.0 Å². The number of guanidine groups is 1. The minimum atomic E-state index is -0.172. The van der Waals surface area contributed by atoms with E-state index >= 15 is 0 Å². The molecule has 0 bridgehead atoms. The van der Waals surface area contributed by atoms with Gasteiger partial charge in [-0.25, -0.2) is 4.39 Å². The number of hydrogen-bond donors (Lipinski definition) is 2. The number of hydrogen-bond acceptors (Lipinski definition) is 1. The summed E-state index contributed by atoms with van der Waals surface area (Å²) in [6.45, 7) is 3.20. The van der Waals surface area contributed by atoms with Crippen LogP contribution in [0.2, 0.25) is 0 Å². The Morgan fingerprint density at radius 1 is 1.04 bits per heavy atom. The highest BCUT2D eigenvalue weighted by Crippen LogP contribution is 2.08. The monoisotopic (exact) mass is 427 g/mol. The third-order valence-electron chi connectivity index (χ3n) is 3.45. The average Bonchev–Trinajstić information content (AvgIpc) is 2.55.